The number of hydrogen-bond acceptors (Lipinski definition) is 3. The van der Waals surface area contributed by atoms with Gasteiger partial charge in [-0.15, -0.1) is 0 Å². The molecule has 148 valence electrons. The summed E-state index contributed by atoms with van der Waals surface area (Å²) in [7, 11) is 2.21. The van der Waals surface area contributed by atoms with E-state index in [4.69, 9.17) is 0 Å². The lowest BCUT2D eigenvalue weighted by Gasteiger charge is -2.39. The van der Waals surface area contributed by atoms with E-state index < -0.39 is 0 Å². The van der Waals surface area contributed by atoms with Crippen molar-refractivity contribution in [2.24, 2.45) is 11.8 Å². The maximum Gasteiger partial charge on any atom is 0.253 e. The highest BCUT2D eigenvalue weighted by molar-refractivity contribution is 5.95. The van der Waals surface area contributed by atoms with Gasteiger partial charge >= 0.3 is 0 Å². The molecular formula is C24H30N2O2. The predicted molar refractivity (Wildman–Crippen MR) is 112 cm³/mol. The fourth-order valence-electron chi connectivity index (χ4n) is 4.74. The Morgan fingerprint density at radius 2 is 1.46 bits per heavy atom. The van der Waals surface area contributed by atoms with Gasteiger partial charge in [0.2, 0.25) is 0 Å². The third-order valence-electron chi connectivity index (χ3n) is 6.57. The molecule has 2 aromatic rings. The van der Waals surface area contributed by atoms with Gasteiger partial charge in [0.1, 0.15) is 5.75 Å². The van der Waals surface area contributed by atoms with Crippen molar-refractivity contribution in [2.45, 2.75) is 25.7 Å². The fraction of sp³-hybridized carbons (Fsp3) is 0.458. The molecule has 0 spiro atoms. The molecule has 0 radical (unpaired) electrons. The van der Waals surface area contributed by atoms with Gasteiger partial charge in [-0.2, -0.15) is 0 Å². The van der Waals surface area contributed by atoms with Crippen LogP contribution in [0.2, 0.25) is 0 Å². The standard InChI is InChI=1S/C24H30N2O2/c1-25-13-9-19(10-14-25)20-11-15-26(16-12-20)24(28)22-4-2-3-21(17-22)18-5-7-23(27)8-6-18/h2-8,17,19-20,27H,9-16H2,1H3. The number of likely N-dealkylation sites (tertiary alicyclic amines) is 2. The number of benzene rings is 2. The summed E-state index contributed by atoms with van der Waals surface area (Å²) in [4.78, 5) is 17.5. The largest absolute Gasteiger partial charge is 0.508 e. The summed E-state index contributed by atoms with van der Waals surface area (Å²) < 4.78 is 0. The minimum atomic E-state index is 0.141. The summed E-state index contributed by atoms with van der Waals surface area (Å²) in [5.74, 6) is 2.01. The summed E-state index contributed by atoms with van der Waals surface area (Å²) in [6, 6.07) is 15.0. The van der Waals surface area contributed by atoms with Gasteiger partial charge in [-0.1, -0.05) is 24.3 Å². The first-order chi connectivity index (χ1) is 13.6. The molecule has 0 aromatic heterocycles. The van der Waals surface area contributed by atoms with Gasteiger partial charge in [0.15, 0.2) is 0 Å². The van der Waals surface area contributed by atoms with E-state index in [-0.39, 0.29) is 11.7 Å². The Kier molecular flexibility index (Phi) is 5.67. The van der Waals surface area contributed by atoms with E-state index in [1.165, 1.54) is 25.9 Å². The minimum absolute atomic E-state index is 0.141. The number of nitrogens with zero attached hydrogens (tertiary/aromatic N) is 2. The first-order valence-electron chi connectivity index (χ1n) is 10.5. The van der Waals surface area contributed by atoms with Crippen LogP contribution in [0.25, 0.3) is 11.1 Å². The highest BCUT2D eigenvalue weighted by Crippen LogP contribution is 2.32. The number of hydrogen-bond donors (Lipinski definition) is 1. The van der Waals surface area contributed by atoms with Crippen molar-refractivity contribution in [2.75, 3.05) is 33.2 Å². The molecule has 0 bridgehead atoms. The first kappa shape index (κ1) is 19.0. The summed E-state index contributed by atoms with van der Waals surface area (Å²) in [5.41, 5.74) is 2.77. The lowest BCUT2D eigenvalue weighted by Crippen LogP contribution is -2.42. The zero-order chi connectivity index (χ0) is 19.5. The van der Waals surface area contributed by atoms with Crippen LogP contribution in [0.5, 0.6) is 5.75 Å². The van der Waals surface area contributed by atoms with Crippen molar-refractivity contribution < 1.29 is 9.90 Å². The molecule has 2 saturated heterocycles. The van der Waals surface area contributed by atoms with Gasteiger partial charge in [0.05, 0.1) is 0 Å². The minimum Gasteiger partial charge on any atom is -0.508 e. The van der Waals surface area contributed by atoms with Crippen molar-refractivity contribution in [1.29, 1.82) is 0 Å². The van der Waals surface area contributed by atoms with Crippen molar-refractivity contribution >= 4 is 5.91 Å². The smallest absolute Gasteiger partial charge is 0.253 e. The molecule has 2 fully saturated rings. The van der Waals surface area contributed by atoms with E-state index in [0.29, 0.717) is 0 Å². The van der Waals surface area contributed by atoms with Gasteiger partial charge in [-0.25, -0.2) is 0 Å². The topological polar surface area (TPSA) is 43.8 Å². The van der Waals surface area contributed by atoms with Crippen LogP contribution in [-0.4, -0.2) is 54.0 Å². The van der Waals surface area contributed by atoms with E-state index in [2.05, 4.69) is 11.9 Å². The third kappa shape index (κ3) is 4.22. The molecule has 1 N–H and O–H groups in total. The van der Waals surface area contributed by atoms with Crippen LogP contribution in [0.15, 0.2) is 48.5 Å². The number of rotatable bonds is 3. The second-order valence-electron chi connectivity index (χ2n) is 8.40. The van der Waals surface area contributed by atoms with Gasteiger partial charge in [0.25, 0.3) is 5.91 Å². The van der Waals surface area contributed by atoms with Crippen LogP contribution >= 0.6 is 0 Å². The Hall–Kier alpha value is -2.33. The molecule has 4 nitrogen and oxygen atoms in total. The Balaban J connectivity index is 1.39. The fourth-order valence-corrected chi connectivity index (χ4v) is 4.74. The number of phenols is 1. The Bertz CT molecular complexity index is 802. The van der Waals surface area contributed by atoms with Crippen molar-refractivity contribution in [3.63, 3.8) is 0 Å². The molecular weight excluding hydrogens is 348 g/mol. The Morgan fingerprint density at radius 3 is 2.11 bits per heavy atom. The maximum absolute atomic E-state index is 13.0. The molecule has 2 aliphatic heterocycles. The molecule has 28 heavy (non-hydrogen) atoms. The average molecular weight is 379 g/mol. The van der Waals surface area contributed by atoms with E-state index >= 15 is 0 Å². The van der Waals surface area contributed by atoms with Crippen molar-refractivity contribution in [1.82, 2.24) is 9.80 Å². The third-order valence-corrected chi connectivity index (χ3v) is 6.57. The number of aromatic hydroxyl groups is 1. The maximum atomic E-state index is 13.0. The van der Waals surface area contributed by atoms with Crippen LogP contribution in [0.1, 0.15) is 36.0 Å². The van der Waals surface area contributed by atoms with E-state index in [1.54, 1.807) is 12.1 Å². The second-order valence-corrected chi connectivity index (χ2v) is 8.40. The molecule has 0 saturated carbocycles. The number of phenolic OH excluding ortho intramolecular Hbond substituents is 1. The van der Waals surface area contributed by atoms with E-state index in [0.717, 1.165) is 54.5 Å². The highest BCUT2D eigenvalue weighted by atomic mass is 16.3. The first-order valence-corrected chi connectivity index (χ1v) is 10.5. The molecule has 0 aliphatic carbocycles. The second kappa shape index (κ2) is 8.36. The average Bonchev–Trinajstić information content (AvgIpc) is 2.74. The Labute approximate surface area is 167 Å². The summed E-state index contributed by atoms with van der Waals surface area (Å²) in [6.07, 6.45) is 4.89. The van der Waals surface area contributed by atoms with Crippen molar-refractivity contribution in [3.05, 3.63) is 54.1 Å². The highest BCUT2D eigenvalue weighted by Gasteiger charge is 2.30. The van der Waals surface area contributed by atoms with Gasteiger partial charge < -0.3 is 14.9 Å². The normalized spacial score (nSPS) is 19.7. The van der Waals surface area contributed by atoms with E-state index in [9.17, 15) is 9.90 Å². The summed E-state index contributed by atoms with van der Waals surface area (Å²) in [5, 5.41) is 9.48. The number of amides is 1. The molecule has 0 atom stereocenters. The number of carbonyl (C=O) groups is 1. The molecule has 1 amide bonds. The Morgan fingerprint density at radius 1 is 0.857 bits per heavy atom. The van der Waals surface area contributed by atoms with Gasteiger partial charge in [0, 0.05) is 18.7 Å². The molecule has 2 aromatic carbocycles. The van der Waals surface area contributed by atoms with Crippen LogP contribution in [-0.2, 0) is 0 Å². The van der Waals surface area contributed by atoms with Gasteiger partial charge in [-0.05, 0) is 93.0 Å². The molecule has 0 unspecified atom stereocenters. The quantitative estimate of drug-likeness (QED) is 0.868. The van der Waals surface area contributed by atoms with E-state index in [1.807, 2.05) is 41.3 Å². The van der Waals surface area contributed by atoms with Crippen LogP contribution in [0, 0.1) is 11.8 Å². The lowest BCUT2D eigenvalue weighted by atomic mass is 9.79. The summed E-state index contributed by atoms with van der Waals surface area (Å²) in [6.45, 7) is 4.18. The van der Waals surface area contributed by atoms with Gasteiger partial charge in [-0.3, -0.25) is 4.79 Å². The van der Waals surface area contributed by atoms with Crippen LogP contribution < -0.4 is 0 Å². The summed E-state index contributed by atoms with van der Waals surface area (Å²) >= 11 is 0. The molecule has 2 aliphatic rings. The SMILES string of the molecule is CN1CCC(C2CCN(C(=O)c3cccc(-c4ccc(O)cc4)c3)CC2)CC1. The zero-order valence-corrected chi connectivity index (χ0v) is 16.7. The van der Waals surface area contributed by atoms with Crippen LogP contribution in [0.4, 0.5) is 0 Å². The number of piperidine rings is 2. The lowest BCUT2D eigenvalue weighted by molar-refractivity contribution is 0.0615. The van der Waals surface area contributed by atoms with Crippen LogP contribution in [0.3, 0.4) is 0 Å². The monoisotopic (exact) mass is 378 g/mol. The molecule has 2 heterocycles. The zero-order valence-electron chi connectivity index (χ0n) is 16.7. The molecule has 4 heteroatoms. The molecule has 4 rings (SSSR count). The van der Waals surface area contributed by atoms with Crippen molar-refractivity contribution in [3.8, 4) is 16.9 Å². The predicted octanol–water partition coefficient (Wildman–Crippen LogP) is 4.25. The number of carbonyl (C=O) groups excluding carboxylic acids is 1.